The van der Waals surface area contributed by atoms with E-state index in [0.717, 1.165) is 0 Å². The molecule has 2 aromatic rings. The number of H-pyrrole nitrogens is 1. The summed E-state index contributed by atoms with van der Waals surface area (Å²) in [6, 6.07) is 8.01. The predicted octanol–water partition coefficient (Wildman–Crippen LogP) is 0.625. The molecule has 0 aliphatic heterocycles. The van der Waals surface area contributed by atoms with E-state index in [2.05, 4.69) is 16.4 Å². The lowest BCUT2D eigenvalue weighted by atomic mass is 10.4. The van der Waals surface area contributed by atoms with Crippen LogP contribution in [-0.4, -0.2) is 18.6 Å². The lowest BCUT2D eigenvalue weighted by Crippen LogP contribution is -2.03. The van der Waals surface area contributed by atoms with Crippen molar-refractivity contribution in [1.29, 1.82) is 0 Å². The van der Waals surface area contributed by atoms with Crippen LogP contribution in [0.2, 0.25) is 0 Å². The van der Waals surface area contributed by atoms with Crippen LogP contribution in [0.3, 0.4) is 0 Å². The molecule has 0 saturated heterocycles. The second-order valence-electron chi connectivity index (χ2n) is 2.89. The Hall–Kier alpha value is -1.82. The number of benzene rings is 1. The Morgan fingerprint density at radius 3 is 2.47 bits per heavy atom. The van der Waals surface area contributed by atoms with E-state index in [1.165, 1.54) is 12.1 Å². The van der Waals surface area contributed by atoms with Crippen molar-refractivity contribution < 1.29 is 8.42 Å². The van der Waals surface area contributed by atoms with Gasteiger partial charge in [0.2, 0.25) is 9.84 Å². The maximum Gasteiger partial charge on any atom is 0.212 e. The van der Waals surface area contributed by atoms with Crippen molar-refractivity contribution in [1.82, 2.24) is 10.2 Å². The van der Waals surface area contributed by atoms with Gasteiger partial charge in [0.15, 0.2) is 0 Å². The lowest BCUT2D eigenvalue weighted by Gasteiger charge is -2.01. The average molecular weight is 222 g/mol. The highest BCUT2D eigenvalue weighted by Crippen LogP contribution is 2.22. The first-order valence-electron chi connectivity index (χ1n) is 4.14. The fourth-order valence-electron chi connectivity index (χ4n) is 1.17. The minimum absolute atomic E-state index is 0.00106. The predicted molar refractivity (Wildman–Crippen MR) is 53.7 cm³/mol. The van der Waals surface area contributed by atoms with Gasteiger partial charge >= 0.3 is 0 Å². The highest BCUT2D eigenvalue weighted by molar-refractivity contribution is 7.91. The summed E-state index contributed by atoms with van der Waals surface area (Å²) in [5.74, 6) is -0.00106. The molecule has 5 nitrogen and oxygen atoms in total. The molecule has 1 aromatic carbocycles. The molecule has 0 aliphatic rings. The Balaban J connectivity index is 2.60. The van der Waals surface area contributed by atoms with E-state index in [-0.39, 0.29) is 15.6 Å². The van der Waals surface area contributed by atoms with Crippen molar-refractivity contribution in [3.8, 4) is 0 Å². The van der Waals surface area contributed by atoms with Gasteiger partial charge in [-0.1, -0.05) is 18.2 Å². The Morgan fingerprint density at radius 2 is 1.93 bits per heavy atom. The molecule has 0 bridgehead atoms. The van der Waals surface area contributed by atoms with E-state index in [1.54, 1.807) is 18.2 Å². The van der Waals surface area contributed by atoms with Crippen LogP contribution >= 0.6 is 0 Å². The topological polar surface area (TPSA) is 88.8 Å². The zero-order chi connectivity index (χ0) is 10.9. The summed E-state index contributed by atoms with van der Waals surface area (Å²) in [5.41, 5.74) is 5.44. The third kappa shape index (κ3) is 1.59. The molecule has 1 heterocycles. The molecule has 15 heavy (non-hydrogen) atoms. The Labute approximate surface area is 86.9 Å². The number of hydrogen-bond donors (Lipinski definition) is 2. The Morgan fingerprint density at radius 1 is 1.27 bits per heavy atom. The number of aromatic nitrogens is 2. The lowest BCUT2D eigenvalue weighted by molar-refractivity contribution is 0.596. The van der Waals surface area contributed by atoms with E-state index >= 15 is 0 Å². The van der Waals surface area contributed by atoms with Gasteiger partial charge < -0.3 is 5.73 Å². The molecule has 0 fully saturated rings. The zero-order valence-electron chi connectivity index (χ0n) is 7.64. The third-order valence-electron chi connectivity index (χ3n) is 1.90. The Bertz CT molecular complexity index is 560. The first-order valence-corrected chi connectivity index (χ1v) is 5.62. The number of hydrogen-bond acceptors (Lipinski definition) is 4. The summed E-state index contributed by atoms with van der Waals surface area (Å²) in [6.07, 6.45) is 2.33. The maximum absolute atomic E-state index is 11.9. The number of sulfone groups is 1. The number of aromatic amines is 1. The summed E-state index contributed by atoms with van der Waals surface area (Å²) >= 11 is 0. The van der Waals surface area contributed by atoms with Crippen LogP contribution in [0, 0.1) is 6.20 Å². The van der Waals surface area contributed by atoms with E-state index in [0.29, 0.717) is 0 Å². The first-order chi connectivity index (χ1) is 7.12. The first kappa shape index (κ1) is 9.72. The molecule has 0 unspecified atom stereocenters. The van der Waals surface area contributed by atoms with Gasteiger partial charge in [0.25, 0.3) is 0 Å². The van der Waals surface area contributed by atoms with Crippen LogP contribution in [0.5, 0.6) is 0 Å². The number of nitrogen functional groups attached to an aromatic ring is 1. The van der Waals surface area contributed by atoms with Crippen LogP contribution in [-0.2, 0) is 9.84 Å². The highest BCUT2D eigenvalue weighted by Gasteiger charge is 2.21. The third-order valence-corrected chi connectivity index (χ3v) is 3.64. The fraction of sp³-hybridized carbons (Fsp3) is 0. The summed E-state index contributed by atoms with van der Waals surface area (Å²) in [6.45, 7) is 0. The number of nitrogens with one attached hydrogen (secondary N) is 1. The van der Waals surface area contributed by atoms with Crippen LogP contribution in [0.4, 0.5) is 5.82 Å². The van der Waals surface area contributed by atoms with Gasteiger partial charge in [-0.3, -0.25) is 5.10 Å². The van der Waals surface area contributed by atoms with Crippen molar-refractivity contribution in [3.63, 3.8) is 0 Å². The van der Waals surface area contributed by atoms with Gasteiger partial charge in [-0.15, -0.1) is 0 Å². The van der Waals surface area contributed by atoms with Crippen LogP contribution in [0.15, 0.2) is 40.1 Å². The summed E-state index contributed by atoms with van der Waals surface area (Å²) in [4.78, 5) is 0.0584. The highest BCUT2D eigenvalue weighted by atomic mass is 32.2. The number of anilines is 1. The van der Waals surface area contributed by atoms with Gasteiger partial charge in [-0.05, 0) is 12.1 Å². The van der Waals surface area contributed by atoms with E-state index in [1.807, 2.05) is 0 Å². The molecule has 0 amide bonds. The van der Waals surface area contributed by atoms with Crippen molar-refractivity contribution in [2.24, 2.45) is 0 Å². The minimum Gasteiger partial charge on any atom is -0.383 e. The van der Waals surface area contributed by atoms with Crippen LogP contribution in [0.1, 0.15) is 0 Å². The van der Waals surface area contributed by atoms with E-state index in [9.17, 15) is 8.42 Å². The minimum atomic E-state index is -3.60. The standard InChI is InChI=1S/C9H8N3O2S/c10-9-8(6-11-12-9)15(13,14)7-4-2-1-3-5-7/h1-5H,(H3,10,11,12). The van der Waals surface area contributed by atoms with E-state index < -0.39 is 9.84 Å². The largest absolute Gasteiger partial charge is 0.383 e. The molecule has 6 heteroatoms. The fourth-order valence-corrected chi connectivity index (χ4v) is 2.42. The smallest absolute Gasteiger partial charge is 0.212 e. The molecule has 3 N–H and O–H groups in total. The van der Waals surface area contributed by atoms with Gasteiger partial charge in [0.1, 0.15) is 16.9 Å². The van der Waals surface area contributed by atoms with Gasteiger partial charge in [0, 0.05) is 0 Å². The number of nitrogens with two attached hydrogens (primary N) is 1. The molecule has 0 atom stereocenters. The molecular formula is C9H8N3O2S. The maximum atomic E-state index is 11.9. The molecule has 1 radical (unpaired) electrons. The monoisotopic (exact) mass is 222 g/mol. The second kappa shape index (κ2) is 3.39. The summed E-state index contributed by atoms with van der Waals surface area (Å²) < 4.78 is 23.9. The van der Waals surface area contributed by atoms with Crippen molar-refractivity contribution in [2.75, 3.05) is 5.73 Å². The second-order valence-corrected chi connectivity index (χ2v) is 4.78. The number of rotatable bonds is 2. The zero-order valence-corrected chi connectivity index (χ0v) is 8.45. The molecule has 1 aromatic heterocycles. The molecule has 2 rings (SSSR count). The molecule has 77 valence electrons. The molecule has 0 spiro atoms. The Kier molecular flexibility index (Phi) is 2.20. The summed E-state index contributed by atoms with van der Waals surface area (Å²) in [5, 5.41) is 5.80. The van der Waals surface area contributed by atoms with Crippen molar-refractivity contribution in [2.45, 2.75) is 9.79 Å². The number of nitrogens with zero attached hydrogens (tertiary/aromatic N) is 1. The normalized spacial score (nSPS) is 11.5. The van der Waals surface area contributed by atoms with Crippen molar-refractivity contribution in [3.05, 3.63) is 36.5 Å². The van der Waals surface area contributed by atoms with Crippen LogP contribution < -0.4 is 5.73 Å². The molecule has 0 saturated carbocycles. The quantitative estimate of drug-likeness (QED) is 0.779. The SMILES string of the molecule is Nc1[nH]n[c]c1S(=O)(=O)c1ccccc1. The average Bonchev–Trinajstić information content (AvgIpc) is 2.66. The van der Waals surface area contributed by atoms with Crippen LogP contribution in [0.25, 0.3) is 0 Å². The van der Waals surface area contributed by atoms with Gasteiger partial charge in [-0.2, -0.15) is 5.10 Å². The summed E-state index contributed by atoms with van der Waals surface area (Å²) in [7, 11) is -3.60. The van der Waals surface area contributed by atoms with E-state index in [4.69, 9.17) is 5.73 Å². The molecular weight excluding hydrogens is 214 g/mol. The van der Waals surface area contributed by atoms with Crippen molar-refractivity contribution >= 4 is 15.7 Å². The van der Waals surface area contributed by atoms with Gasteiger partial charge in [0.05, 0.1) is 4.90 Å². The van der Waals surface area contributed by atoms with Gasteiger partial charge in [-0.25, -0.2) is 8.42 Å². The molecule has 0 aliphatic carbocycles.